The van der Waals surface area contributed by atoms with Gasteiger partial charge in [-0.2, -0.15) is 17.6 Å². The third kappa shape index (κ3) is 6.10. The van der Waals surface area contributed by atoms with Gasteiger partial charge in [0.05, 0.1) is 11.3 Å². The monoisotopic (exact) mass is 483 g/mol. The minimum absolute atomic E-state index is 0.0111. The first-order chi connectivity index (χ1) is 16.1. The van der Waals surface area contributed by atoms with Crippen LogP contribution in [0.2, 0.25) is 0 Å². The number of pyridine rings is 2. The fourth-order valence-corrected chi connectivity index (χ4v) is 3.58. The first-order valence-electron chi connectivity index (χ1n) is 10.6. The number of alkyl halides is 3. The molecule has 1 fully saturated rings. The van der Waals surface area contributed by atoms with Gasteiger partial charge in [0, 0.05) is 52.5 Å². The topological polar surface area (TPSA) is 102 Å². The maximum atomic E-state index is 14.4. The molecule has 9 nitrogen and oxygen atoms in total. The number of piperazine rings is 1. The van der Waals surface area contributed by atoms with E-state index in [2.05, 4.69) is 25.9 Å². The summed E-state index contributed by atoms with van der Waals surface area (Å²) >= 11 is 0. The van der Waals surface area contributed by atoms with Crippen LogP contribution < -0.4 is 20.9 Å². The van der Waals surface area contributed by atoms with Gasteiger partial charge in [-0.05, 0) is 30.7 Å². The lowest BCUT2D eigenvalue weighted by Crippen LogP contribution is -2.46. The lowest BCUT2D eigenvalue weighted by molar-refractivity contribution is -0.138. The van der Waals surface area contributed by atoms with E-state index >= 15 is 0 Å². The number of amides is 3. The molecule has 0 spiro atoms. The number of nitrogens with zero attached hydrogens (tertiary/aromatic N) is 4. The summed E-state index contributed by atoms with van der Waals surface area (Å²) in [6, 6.07) is 3.53. The van der Waals surface area contributed by atoms with Crippen molar-refractivity contribution in [3.63, 3.8) is 0 Å². The van der Waals surface area contributed by atoms with E-state index < -0.39 is 29.6 Å². The number of nitrogens with one attached hydrogen (secondary N) is 3. The second-order valence-corrected chi connectivity index (χ2v) is 7.56. The summed E-state index contributed by atoms with van der Waals surface area (Å²) in [6.45, 7) is 3.50. The molecule has 3 N–H and O–H groups in total. The van der Waals surface area contributed by atoms with E-state index in [1.807, 2.05) is 0 Å². The predicted octanol–water partition coefficient (Wildman–Crippen LogP) is 2.46. The number of carbonyl (C=O) groups excluding carboxylic acids is 2. The van der Waals surface area contributed by atoms with Gasteiger partial charge in [-0.25, -0.2) is 14.8 Å². The Bertz CT molecular complexity index is 1040. The molecule has 0 atom stereocenters. The summed E-state index contributed by atoms with van der Waals surface area (Å²) in [4.78, 5) is 34.3. The Hall–Kier alpha value is -3.48. The average Bonchev–Trinajstić information content (AvgIpc) is 2.78. The molecule has 1 aliphatic rings. The number of rotatable bonds is 6. The predicted molar refractivity (Wildman–Crippen MR) is 117 cm³/mol. The highest BCUT2D eigenvalue weighted by Crippen LogP contribution is 2.33. The summed E-state index contributed by atoms with van der Waals surface area (Å²) < 4.78 is 55.0. The van der Waals surface area contributed by atoms with Crippen LogP contribution in [0.1, 0.15) is 28.5 Å². The Morgan fingerprint density at radius 3 is 2.44 bits per heavy atom. The van der Waals surface area contributed by atoms with Gasteiger partial charge in [0.25, 0.3) is 5.91 Å². The summed E-state index contributed by atoms with van der Waals surface area (Å²) in [5, 5.41) is 7.28. The molecule has 1 saturated heterocycles. The number of halogens is 4. The second-order valence-electron chi connectivity index (χ2n) is 7.56. The van der Waals surface area contributed by atoms with Crippen LogP contribution in [0.5, 0.6) is 0 Å². The largest absolute Gasteiger partial charge is 0.418 e. The van der Waals surface area contributed by atoms with Crippen LogP contribution in [-0.4, -0.2) is 66.6 Å². The Morgan fingerprint density at radius 2 is 1.85 bits per heavy atom. The highest BCUT2D eigenvalue weighted by Gasteiger charge is 2.35. The van der Waals surface area contributed by atoms with E-state index in [9.17, 15) is 27.2 Å². The van der Waals surface area contributed by atoms with Crippen LogP contribution in [-0.2, 0) is 12.7 Å². The highest BCUT2D eigenvalue weighted by molar-refractivity contribution is 5.92. The van der Waals surface area contributed by atoms with Gasteiger partial charge in [-0.3, -0.25) is 15.0 Å². The van der Waals surface area contributed by atoms with E-state index in [0.717, 1.165) is 0 Å². The summed E-state index contributed by atoms with van der Waals surface area (Å²) in [6.07, 6.45) is -3.89. The Morgan fingerprint density at radius 1 is 1.15 bits per heavy atom. The highest BCUT2D eigenvalue weighted by atomic mass is 19.4. The number of aromatic nitrogens is 2. The van der Waals surface area contributed by atoms with Gasteiger partial charge in [-0.1, -0.05) is 0 Å². The molecule has 34 heavy (non-hydrogen) atoms. The molecule has 3 heterocycles. The van der Waals surface area contributed by atoms with Gasteiger partial charge >= 0.3 is 12.2 Å². The number of carbonyl (C=O) groups is 2. The molecule has 2 aromatic rings. The van der Waals surface area contributed by atoms with Gasteiger partial charge in [0.1, 0.15) is 11.5 Å². The lowest BCUT2D eigenvalue weighted by Gasteiger charge is -2.36. The molecule has 0 radical (unpaired) electrons. The summed E-state index contributed by atoms with van der Waals surface area (Å²) in [5.74, 6) is -1.28. The molecule has 3 rings (SSSR count). The number of anilines is 2. The Balaban J connectivity index is 1.70. The fourth-order valence-electron chi connectivity index (χ4n) is 3.58. The van der Waals surface area contributed by atoms with E-state index in [0.29, 0.717) is 38.9 Å². The Kier molecular flexibility index (Phi) is 7.87. The van der Waals surface area contributed by atoms with E-state index in [1.54, 1.807) is 16.7 Å². The summed E-state index contributed by atoms with van der Waals surface area (Å²) in [7, 11) is 1.42. The number of hydrogen-bond acceptors (Lipinski definition) is 6. The van der Waals surface area contributed by atoms with Gasteiger partial charge < -0.3 is 15.5 Å². The molecular weight excluding hydrogens is 458 g/mol. The van der Waals surface area contributed by atoms with Crippen molar-refractivity contribution in [1.29, 1.82) is 0 Å². The SMILES string of the molecule is CCNC(=O)Nc1cc(CN2CCN(c3ccc(C(=O)NC)nc3F)CC2)c(C(F)(F)F)cn1. The molecular formula is C21H25F4N7O2. The van der Waals surface area contributed by atoms with Crippen LogP contribution in [0.15, 0.2) is 24.4 Å². The first kappa shape index (κ1) is 25.1. The van der Waals surface area contributed by atoms with E-state index in [4.69, 9.17) is 0 Å². The molecule has 2 aromatic heterocycles. The van der Waals surface area contributed by atoms with Crippen molar-refractivity contribution in [3.8, 4) is 0 Å². The van der Waals surface area contributed by atoms with Gasteiger partial charge in [-0.15, -0.1) is 0 Å². The normalized spacial score (nSPS) is 14.6. The second kappa shape index (κ2) is 10.6. The molecule has 0 unspecified atom stereocenters. The van der Waals surface area contributed by atoms with Crippen LogP contribution in [0, 0.1) is 5.95 Å². The molecule has 3 amide bonds. The van der Waals surface area contributed by atoms with Gasteiger partial charge in [0.2, 0.25) is 5.95 Å². The molecule has 0 saturated carbocycles. The zero-order chi connectivity index (χ0) is 24.9. The van der Waals surface area contributed by atoms with Crippen molar-refractivity contribution in [2.75, 3.05) is 50.0 Å². The van der Waals surface area contributed by atoms with Crippen molar-refractivity contribution in [2.45, 2.75) is 19.6 Å². The van der Waals surface area contributed by atoms with Crippen molar-refractivity contribution in [1.82, 2.24) is 25.5 Å². The van der Waals surface area contributed by atoms with Crippen LogP contribution in [0.25, 0.3) is 0 Å². The third-order valence-corrected chi connectivity index (χ3v) is 5.27. The van der Waals surface area contributed by atoms with Crippen molar-refractivity contribution in [2.24, 2.45) is 0 Å². The smallest absolute Gasteiger partial charge is 0.365 e. The van der Waals surface area contributed by atoms with Crippen molar-refractivity contribution >= 4 is 23.4 Å². The summed E-state index contributed by atoms with van der Waals surface area (Å²) in [5.41, 5.74) is -0.723. The van der Waals surface area contributed by atoms with Crippen molar-refractivity contribution < 1.29 is 27.2 Å². The van der Waals surface area contributed by atoms with Crippen LogP contribution in [0.4, 0.5) is 33.9 Å². The molecule has 0 aliphatic carbocycles. The molecule has 1 aliphatic heterocycles. The van der Waals surface area contributed by atoms with Crippen LogP contribution in [0.3, 0.4) is 0 Å². The van der Waals surface area contributed by atoms with Crippen LogP contribution >= 0.6 is 0 Å². The minimum Gasteiger partial charge on any atom is -0.365 e. The lowest BCUT2D eigenvalue weighted by atomic mass is 10.1. The molecule has 0 aromatic carbocycles. The average molecular weight is 483 g/mol. The van der Waals surface area contributed by atoms with Crippen molar-refractivity contribution in [3.05, 3.63) is 47.2 Å². The number of urea groups is 1. The van der Waals surface area contributed by atoms with E-state index in [-0.39, 0.29) is 29.3 Å². The quantitative estimate of drug-likeness (QED) is 0.431. The maximum Gasteiger partial charge on any atom is 0.418 e. The fraction of sp³-hybridized carbons (Fsp3) is 0.429. The van der Waals surface area contributed by atoms with E-state index in [1.165, 1.54) is 25.2 Å². The standard InChI is InChI=1S/C21H25F4N7O2/c1-3-27-20(34)30-17-10-13(14(11-28-17)21(23,24)25)12-31-6-8-32(9-7-31)16-5-4-15(19(33)26-2)29-18(16)22/h4-5,10-11H,3,6-9,12H2,1-2H3,(H,26,33)(H2,27,28,30,34). The minimum atomic E-state index is -4.60. The molecule has 184 valence electrons. The third-order valence-electron chi connectivity index (χ3n) is 5.27. The zero-order valence-corrected chi connectivity index (χ0v) is 18.7. The zero-order valence-electron chi connectivity index (χ0n) is 18.7. The first-order valence-corrected chi connectivity index (χ1v) is 10.6. The molecule has 0 bridgehead atoms. The Labute approximate surface area is 193 Å². The molecule has 13 heteroatoms. The van der Waals surface area contributed by atoms with Gasteiger partial charge in [0.15, 0.2) is 0 Å². The number of hydrogen-bond donors (Lipinski definition) is 3. The maximum absolute atomic E-state index is 14.4.